The van der Waals surface area contributed by atoms with E-state index in [-0.39, 0.29) is 36.2 Å². The van der Waals surface area contributed by atoms with Crippen LogP contribution in [0.2, 0.25) is 0 Å². The van der Waals surface area contributed by atoms with Crippen LogP contribution in [-0.2, 0) is 19.1 Å². The van der Waals surface area contributed by atoms with Crippen molar-refractivity contribution in [2.45, 2.75) is 75.1 Å². The summed E-state index contributed by atoms with van der Waals surface area (Å²) >= 11 is 1.61. The molecular weight excluding hydrogens is 404 g/mol. The first-order valence-corrected chi connectivity index (χ1v) is 11.6. The lowest BCUT2D eigenvalue weighted by Gasteiger charge is -2.43. The predicted octanol–water partition coefficient (Wildman–Crippen LogP) is 1.83. The molecule has 0 saturated carbocycles. The van der Waals surface area contributed by atoms with Gasteiger partial charge in [-0.3, -0.25) is 14.4 Å². The fourth-order valence-electron chi connectivity index (χ4n) is 5.41. The first-order chi connectivity index (χ1) is 14.0. The van der Waals surface area contributed by atoms with Crippen LogP contribution in [0.3, 0.4) is 0 Å². The first kappa shape index (κ1) is 23.1. The largest absolute Gasteiger partial charge is 0.466 e. The zero-order valence-corrected chi connectivity index (χ0v) is 19.4. The van der Waals surface area contributed by atoms with Gasteiger partial charge in [-0.25, -0.2) is 0 Å². The van der Waals surface area contributed by atoms with Gasteiger partial charge in [0.25, 0.3) is 0 Å². The lowest BCUT2D eigenvalue weighted by Crippen LogP contribution is -2.60. The summed E-state index contributed by atoms with van der Waals surface area (Å²) in [5, 5.41) is 9.86. The molecule has 3 fully saturated rings. The van der Waals surface area contributed by atoms with E-state index >= 15 is 0 Å². The zero-order chi connectivity index (χ0) is 22.4. The topological polar surface area (TPSA) is 87.2 Å². The van der Waals surface area contributed by atoms with Gasteiger partial charge in [-0.1, -0.05) is 6.08 Å². The summed E-state index contributed by atoms with van der Waals surface area (Å²) in [6, 6.07) is -1.23. The molecule has 0 aromatic rings. The van der Waals surface area contributed by atoms with Crippen molar-refractivity contribution in [3.05, 3.63) is 12.7 Å². The highest BCUT2D eigenvalue weighted by molar-refractivity contribution is 8.02. The van der Waals surface area contributed by atoms with Crippen LogP contribution < -0.4 is 0 Å². The van der Waals surface area contributed by atoms with Crippen molar-refractivity contribution in [3.8, 4) is 0 Å². The second-order valence-corrected chi connectivity index (χ2v) is 11.1. The van der Waals surface area contributed by atoms with Crippen molar-refractivity contribution in [3.63, 3.8) is 0 Å². The summed E-state index contributed by atoms with van der Waals surface area (Å²) in [6.07, 6.45) is 3.17. The third-order valence-corrected chi connectivity index (χ3v) is 8.61. The molecular formula is C22H34N2O5S. The molecule has 0 aromatic carbocycles. The third-order valence-electron chi connectivity index (χ3n) is 6.66. The molecule has 3 saturated heterocycles. The number of carbonyl (C=O) groups excluding carboxylic acids is 3. The molecule has 0 aliphatic carbocycles. The predicted molar refractivity (Wildman–Crippen MR) is 116 cm³/mol. The van der Waals surface area contributed by atoms with Crippen LogP contribution in [0.15, 0.2) is 12.7 Å². The molecule has 3 heterocycles. The maximum absolute atomic E-state index is 14.0. The van der Waals surface area contributed by atoms with E-state index in [0.717, 1.165) is 6.42 Å². The van der Waals surface area contributed by atoms with Crippen LogP contribution in [0.5, 0.6) is 0 Å². The van der Waals surface area contributed by atoms with Gasteiger partial charge in [0.2, 0.25) is 11.8 Å². The highest BCUT2D eigenvalue weighted by Gasteiger charge is 2.74. The number of hydrogen-bond acceptors (Lipinski definition) is 6. The molecule has 2 bridgehead atoms. The molecule has 3 aliphatic rings. The average molecular weight is 439 g/mol. The molecule has 2 unspecified atom stereocenters. The highest BCUT2D eigenvalue weighted by Crippen LogP contribution is 2.67. The molecule has 30 heavy (non-hydrogen) atoms. The fourth-order valence-corrected chi connectivity index (χ4v) is 7.60. The number of rotatable bonds is 7. The number of fused-ring (bicyclic) bond motifs is 1. The Balaban J connectivity index is 2.09. The van der Waals surface area contributed by atoms with Gasteiger partial charge in [0, 0.05) is 17.3 Å². The Hall–Kier alpha value is -1.54. The molecule has 1 N–H and O–H groups in total. The molecule has 6 atom stereocenters. The van der Waals surface area contributed by atoms with E-state index in [1.807, 2.05) is 20.8 Å². The normalized spacial score (nSPS) is 33.4. The number of carbonyl (C=O) groups is 3. The van der Waals surface area contributed by atoms with E-state index < -0.39 is 34.2 Å². The van der Waals surface area contributed by atoms with Gasteiger partial charge in [-0.15, -0.1) is 18.3 Å². The Morgan fingerprint density at radius 1 is 1.47 bits per heavy atom. The fraction of sp³-hybridized carbons (Fsp3) is 0.773. The SMILES string of the molecule is C=CCN(C(=O)C1N([C@H](C)CO)C(=O)[C@@H]2[C@H](C(=O)OCC)[C@@H]3CCC12S3)C(C)(C)C. The number of ether oxygens (including phenoxy) is 1. The summed E-state index contributed by atoms with van der Waals surface area (Å²) < 4.78 is 4.65. The second kappa shape index (κ2) is 8.19. The Morgan fingerprint density at radius 3 is 2.67 bits per heavy atom. The van der Waals surface area contributed by atoms with Crippen LogP contribution in [0, 0.1) is 11.8 Å². The minimum absolute atomic E-state index is 0.0117. The molecule has 1 spiro atoms. The van der Waals surface area contributed by atoms with Crippen LogP contribution in [0.1, 0.15) is 47.5 Å². The maximum Gasteiger partial charge on any atom is 0.310 e. The molecule has 8 heteroatoms. The van der Waals surface area contributed by atoms with Crippen LogP contribution in [-0.4, -0.2) is 80.1 Å². The number of esters is 1. The van der Waals surface area contributed by atoms with Gasteiger partial charge in [0.15, 0.2) is 0 Å². The average Bonchev–Trinajstić information content (AvgIpc) is 3.31. The van der Waals surface area contributed by atoms with E-state index in [0.29, 0.717) is 13.0 Å². The Morgan fingerprint density at radius 2 is 2.13 bits per heavy atom. The summed E-state index contributed by atoms with van der Waals surface area (Å²) in [6.45, 7) is 13.6. The van der Waals surface area contributed by atoms with Gasteiger partial charge in [0.05, 0.1) is 35.8 Å². The van der Waals surface area contributed by atoms with E-state index in [1.165, 1.54) is 0 Å². The van der Waals surface area contributed by atoms with Crippen LogP contribution >= 0.6 is 11.8 Å². The summed E-state index contributed by atoms with van der Waals surface area (Å²) in [4.78, 5) is 43.7. The smallest absolute Gasteiger partial charge is 0.310 e. The number of aliphatic hydroxyl groups excluding tert-OH is 1. The van der Waals surface area contributed by atoms with E-state index in [9.17, 15) is 19.5 Å². The minimum atomic E-state index is -0.717. The Kier molecular flexibility index (Phi) is 6.31. The van der Waals surface area contributed by atoms with Crippen molar-refractivity contribution in [1.29, 1.82) is 0 Å². The number of nitrogens with zero attached hydrogens (tertiary/aromatic N) is 2. The third kappa shape index (κ3) is 3.36. The number of amides is 2. The number of likely N-dealkylation sites (tertiary alicyclic amines) is 1. The second-order valence-electron chi connectivity index (χ2n) is 9.49. The number of aliphatic hydroxyl groups is 1. The highest BCUT2D eigenvalue weighted by atomic mass is 32.2. The molecule has 7 nitrogen and oxygen atoms in total. The quantitative estimate of drug-likeness (QED) is 0.482. The van der Waals surface area contributed by atoms with Crippen molar-refractivity contribution in [2.75, 3.05) is 19.8 Å². The molecule has 168 valence electrons. The molecule has 3 aliphatic heterocycles. The Labute approximate surface area is 183 Å². The molecule has 2 amide bonds. The zero-order valence-electron chi connectivity index (χ0n) is 18.6. The lowest BCUT2D eigenvalue weighted by atomic mass is 9.71. The number of hydrogen-bond donors (Lipinski definition) is 1. The first-order valence-electron chi connectivity index (χ1n) is 10.7. The molecule has 0 aromatic heterocycles. The standard InChI is InChI=1S/C22H34N2O5S/c1-7-11-23(21(4,5)6)19(27)17-22-10-9-14(30-22)15(20(28)29-8-2)16(22)18(26)24(17)13(3)12-25/h7,13-17,25H,1,8-12H2,2-6H3/t13-,14+,15-,16+,17?,22?/m1/s1. The van der Waals surface area contributed by atoms with Crippen LogP contribution in [0.25, 0.3) is 0 Å². The molecule has 0 radical (unpaired) electrons. The summed E-state index contributed by atoms with van der Waals surface area (Å²) in [5.74, 6) is -1.83. The van der Waals surface area contributed by atoms with Gasteiger partial charge in [-0.2, -0.15) is 0 Å². The lowest BCUT2D eigenvalue weighted by molar-refractivity contribution is -0.154. The van der Waals surface area contributed by atoms with E-state index in [1.54, 1.807) is 41.5 Å². The van der Waals surface area contributed by atoms with Gasteiger partial charge < -0.3 is 19.6 Å². The molecule has 3 rings (SSSR count). The van der Waals surface area contributed by atoms with Crippen molar-refractivity contribution in [1.82, 2.24) is 9.80 Å². The van der Waals surface area contributed by atoms with Crippen molar-refractivity contribution in [2.24, 2.45) is 11.8 Å². The Bertz CT molecular complexity index is 736. The van der Waals surface area contributed by atoms with Crippen LogP contribution in [0.4, 0.5) is 0 Å². The van der Waals surface area contributed by atoms with Crippen molar-refractivity contribution >= 4 is 29.5 Å². The number of thioether (sulfide) groups is 1. The minimum Gasteiger partial charge on any atom is -0.466 e. The van der Waals surface area contributed by atoms with E-state index in [4.69, 9.17) is 4.74 Å². The van der Waals surface area contributed by atoms with Crippen molar-refractivity contribution < 1.29 is 24.2 Å². The van der Waals surface area contributed by atoms with E-state index in [2.05, 4.69) is 6.58 Å². The monoisotopic (exact) mass is 438 g/mol. The van der Waals surface area contributed by atoms with Gasteiger partial charge in [0.1, 0.15) is 6.04 Å². The van der Waals surface area contributed by atoms with Gasteiger partial charge in [-0.05, 0) is 47.5 Å². The van der Waals surface area contributed by atoms with Gasteiger partial charge >= 0.3 is 5.97 Å². The maximum atomic E-state index is 14.0. The summed E-state index contributed by atoms with van der Waals surface area (Å²) in [5.41, 5.74) is -0.459. The summed E-state index contributed by atoms with van der Waals surface area (Å²) in [7, 11) is 0.